The van der Waals surface area contributed by atoms with E-state index in [1.807, 2.05) is 34.6 Å². The van der Waals surface area contributed by atoms with Gasteiger partial charge in [-0.1, -0.05) is 0 Å². The summed E-state index contributed by atoms with van der Waals surface area (Å²) in [6.45, 7) is 10.6. The Hall–Kier alpha value is -1.51. The first-order valence-corrected chi connectivity index (χ1v) is 9.23. The summed E-state index contributed by atoms with van der Waals surface area (Å²) in [7, 11) is -0.991. The summed E-state index contributed by atoms with van der Waals surface area (Å²) in [4.78, 5) is 14.0. The molecule has 1 aromatic rings. The van der Waals surface area contributed by atoms with E-state index in [0.29, 0.717) is 19.7 Å². The Kier molecular flexibility index (Phi) is 5.36. The van der Waals surface area contributed by atoms with Gasteiger partial charge < -0.3 is 18.9 Å². The maximum atomic E-state index is 14.7. The van der Waals surface area contributed by atoms with Crippen LogP contribution in [0.2, 0.25) is 0 Å². The van der Waals surface area contributed by atoms with E-state index < -0.39 is 30.0 Å². The summed E-state index contributed by atoms with van der Waals surface area (Å²) < 4.78 is 46.3. The number of amides is 1. The molecule has 1 amide bonds. The van der Waals surface area contributed by atoms with Gasteiger partial charge in [0.2, 0.25) is 5.91 Å². The van der Waals surface area contributed by atoms with E-state index in [9.17, 15) is 13.6 Å². The van der Waals surface area contributed by atoms with Gasteiger partial charge in [0.1, 0.15) is 11.6 Å². The average molecular weight is 381 g/mol. The second-order valence-corrected chi connectivity index (χ2v) is 8.25. The molecule has 2 aliphatic rings. The van der Waals surface area contributed by atoms with Crippen molar-refractivity contribution in [3.8, 4) is 0 Å². The molecule has 0 saturated carbocycles. The highest BCUT2D eigenvalue weighted by molar-refractivity contribution is 6.62. The summed E-state index contributed by atoms with van der Waals surface area (Å²) in [6, 6.07) is 2.14. The number of hydrogen-bond donors (Lipinski definition) is 0. The molecule has 2 aliphatic heterocycles. The fourth-order valence-electron chi connectivity index (χ4n) is 3.21. The smallest absolute Gasteiger partial charge is 0.399 e. The highest BCUT2D eigenvalue weighted by atomic mass is 19.1. The standard InChI is InChI=1S/C19H26BF2NO4/c1-12-11-23(6-7-25-12)17(24)9-13-8-16(22)14(10-15(13)21)20-26-18(2,3)19(4,5)27-20/h8,10,12H,6-7,9,11H2,1-5H3. The molecule has 5 nitrogen and oxygen atoms in total. The molecule has 1 atom stereocenters. The normalized spacial score (nSPS) is 24.3. The van der Waals surface area contributed by atoms with Gasteiger partial charge in [-0.05, 0) is 52.3 Å². The molecule has 0 bridgehead atoms. The zero-order valence-electron chi connectivity index (χ0n) is 16.5. The number of carbonyl (C=O) groups is 1. The maximum absolute atomic E-state index is 14.7. The fourth-order valence-corrected chi connectivity index (χ4v) is 3.21. The number of nitrogens with zero attached hydrogens (tertiary/aromatic N) is 1. The molecule has 2 saturated heterocycles. The van der Waals surface area contributed by atoms with Crippen LogP contribution in [0.15, 0.2) is 12.1 Å². The Morgan fingerprint density at radius 1 is 1.19 bits per heavy atom. The van der Waals surface area contributed by atoms with Crippen molar-refractivity contribution in [2.75, 3.05) is 19.7 Å². The van der Waals surface area contributed by atoms with Crippen LogP contribution in [-0.2, 0) is 25.3 Å². The van der Waals surface area contributed by atoms with Crippen molar-refractivity contribution in [1.29, 1.82) is 0 Å². The Labute approximate surface area is 159 Å². The molecule has 0 aliphatic carbocycles. The first-order valence-electron chi connectivity index (χ1n) is 9.23. The van der Waals surface area contributed by atoms with Crippen molar-refractivity contribution in [2.45, 2.75) is 58.3 Å². The van der Waals surface area contributed by atoms with E-state index in [4.69, 9.17) is 14.0 Å². The minimum Gasteiger partial charge on any atom is -0.399 e. The van der Waals surface area contributed by atoms with Crippen LogP contribution in [0.25, 0.3) is 0 Å². The van der Waals surface area contributed by atoms with Crippen molar-refractivity contribution in [3.63, 3.8) is 0 Å². The van der Waals surface area contributed by atoms with Gasteiger partial charge in [-0.15, -0.1) is 0 Å². The second kappa shape index (κ2) is 7.15. The molecule has 1 aromatic carbocycles. The highest BCUT2D eigenvalue weighted by Crippen LogP contribution is 2.36. The second-order valence-electron chi connectivity index (χ2n) is 8.25. The third-order valence-corrected chi connectivity index (χ3v) is 5.61. The lowest BCUT2D eigenvalue weighted by molar-refractivity contribution is -0.137. The van der Waals surface area contributed by atoms with Crippen molar-refractivity contribution >= 4 is 18.5 Å². The summed E-state index contributed by atoms with van der Waals surface area (Å²) in [5.41, 5.74) is -1.27. The van der Waals surface area contributed by atoms with Crippen molar-refractivity contribution in [1.82, 2.24) is 4.90 Å². The zero-order valence-corrected chi connectivity index (χ0v) is 16.5. The minimum atomic E-state index is -0.991. The predicted molar refractivity (Wildman–Crippen MR) is 97.8 cm³/mol. The van der Waals surface area contributed by atoms with Crippen LogP contribution < -0.4 is 5.46 Å². The third kappa shape index (κ3) is 4.02. The van der Waals surface area contributed by atoms with Crippen LogP contribution in [0, 0.1) is 11.6 Å². The molecular formula is C19H26BF2NO4. The van der Waals surface area contributed by atoms with Crippen LogP contribution in [0.3, 0.4) is 0 Å². The molecule has 27 heavy (non-hydrogen) atoms. The number of ether oxygens (including phenoxy) is 1. The van der Waals surface area contributed by atoms with Crippen LogP contribution in [0.5, 0.6) is 0 Å². The minimum absolute atomic E-state index is 0.00217. The topological polar surface area (TPSA) is 48.0 Å². The molecule has 8 heteroatoms. The predicted octanol–water partition coefficient (Wildman–Crippen LogP) is 2.05. The van der Waals surface area contributed by atoms with E-state index >= 15 is 0 Å². The van der Waals surface area contributed by atoms with Gasteiger partial charge >= 0.3 is 7.12 Å². The summed E-state index contributed by atoms with van der Waals surface area (Å²) in [5, 5.41) is 0. The van der Waals surface area contributed by atoms with Gasteiger partial charge in [0, 0.05) is 18.6 Å². The van der Waals surface area contributed by atoms with E-state index in [2.05, 4.69) is 0 Å². The maximum Gasteiger partial charge on any atom is 0.497 e. The quantitative estimate of drug-likeness (QED) is 0.753. The fraction of sp³-hybridized carbons (Fsp3) is 0.632. The van der Waals surface area contributed by atoms with E-state index in [-0.39, 0.29) is 29.5 Å². The molecule has 3 rings (SSSR count). The third-order valence-electron chi connectivity index (χ3n) is 5.61. The van der Waals surface area contributed by atoms with Crippen molar-refractivity contribution in [3.05, 3.63) is 29.3 Å². The zero-order chi connectivity index (χ0) is 20.0. The molecule has 0 spiro atoms. The molecule has 0 radical (unpaired) electrons. The number of hydrogen-bond acceptors (Lipinski definition) is 4. The Balaban J connectivity index is 1.77. The molecule has 1 unspecified atom stereocenters. The van der Waals surface area contributed by atoms with Gasteiger partial charge in [0.15, 0.2) is 0 Å². The number of morpholine rings is 1. The van der Waals surface area contributed by atoms with Crippen LogP contribution in [0.4, 0.5) is 8.78 Å². The summed E-state index contributed by atoms with van der Waals surface area (Å²) in [6.07, 6.45) is -0.255. The molecule has 148 valence electrons. The number of benzene rings is 1. The van der Waals surface area contributed by atoms with E-state index in [1.54, 1.807) is 4.90 Å². The van der Waals surface area contributed by atoms with Gasteiger partial charge in [0.25, 0.3) is 0 Å². The molecule has 0 aromatic heterocycles. The van der Waals surface area contributed by atoms with Gasteiger partial charge in [0.05, 0.1) is 30.3 Å². The Morgan fingerprint density at radius 2 is 1.81 bits per heavy atom. The average Bonchev–Trinajstić information content (AvgIpc) is 2.78. The number of halogens is 2. The molecule has 0 N–H and O–H groups in total. The van der Waals surface area contributed by atoms with Gasteiger partial charge in [-0.25, -0.2) is 8.78 Å². The first-order chi connectivity index (χ1) is 12.5. The van der Waals surface area contributed by atoms with E-state index in [1.165, 1.54) is 0 Å². The number of rotatable bonds is 3. The summed E-state index contributed by atoms with van der Waals surface area (Å²) >= 11 is 0. The summed E-state index contributed by atoms with van der Waals surface area (Å²) in [5.74, 6) is -1.53. The molecule has 2 heterocycles. The lowest BCUT2D eigenvalue weighted by Gasteiger charge is -2.32. The largest absolute Gasteiger partial charge is 0.497 e. The van der Waals surface area contributed by atoms with Crippen LogP contribution >= 0.6 is 0 Å². The van der Waals surface area contributed by atoms with Crippen molar-refractivity contribution < 1.29 is 27.6 Å². The lowest BCUT2D eigenvalue weighted by atomic mass is 9.78. The molecule has 2 fully saturated rings. The lowest BCUT2D eigenvalue weighted by Crippen LogP contribution is -2.45. The van der Waals surface area contributed by atoms with Crippen LogP contribution in [0.1, 0.15) is 40.2 Å². The monoisotopic (exact) mass is 381 g/mol. The Bertz CT molecular complexity index is 725. The van der Waals surface area contributed by atoms with Gasteiger partial charge in [-0.3, -0.25) is 4.79 Å². The van der Waals surface area contributed by atoms with Crippen molar-refractivity contribution in [2.24, 2.45) is 0 Å². The number of carbonyl (C=O) groups excluding carboxylic acids is 1. The SMILES string of the molecule is CC1CN(C(=O)Cc2cc(F)c(B3OC(C)(C)C(C)(C)O3)cc2F)CCO1. The molecular weight excluding hydrogens is 355 g/mol. The first kappa shape index (κ1) is 20.2. The Morgan fingerprint density at radius 3 is 2.41 bits per heavy atom. The van der Waals surface area contributed by atoms with Crippen LogP contribution in [-0.4, -0.2) is 54.9 Å². The van der Waals surface area contributed by atoms with Gasteiger partial charge in [-0.2, -0.15) is 0 Å². The van der Waals surface area contributed by atoms with E-state index in [0.717, 1.165) is 12.1 Å². The highest BCUT2D eigenvalue weighted by Gasteiger charge is 2.52.